The quantitative estimate of drug-likeness (QED) is 0.603. The van der Waals surface area contributed by atoms with Gasteiger partial charge in [0.25, 0.3) is 0 Å². The summed E-state index contributed by atoms with van der Waals surface area (Å²) < 4.78 is 4.84. The maximum atomic E-state index is 11.7. The summed E-state index contributed by atoms with van der Waals surface area (Å²) in [6, 6.07) is 0. The van der Waals surface area contributed by atoms with Gasteiger partial charge in [-0.15, -0.1) is 0 Å². The molecule has 0 amide bonds. The first-order valence-corrected chi connectivity index (χ1v) is 12.2. The van der Waals surface area contributed by atoms with Crippen molar-refractivity contribution < 1.29 is 24.9 Å². The molecule has 11 atom stereocenters. The fourth-order valence-corrected chi connectivity index (χ4v) is 8.86. The van der Waals surface area contributed by atoms with Crippen molar-refractivity contribution in [2.45, 2.75) is 96.9 Å². The Labute approximate surface area is 181 Å². The van der Waals surface area contributed by atoms with Crippen LogP contribution in [-0.4, -0.2) is 46.7 Å². The van der Waals surface area contributed by atoms with Gasteiger partial charge in [-0.25, -0.2) is 0 Å². The van der Waals surface area contributed by atoms with Crippen molar-refractivity contribution in [2.75, 3.05) is 7.11 Å². The topological polar surface area (TPSA) is 87.0 Å². The van der Waals surface area contributed by atoms with Gasteiger partial charge in [0.05, 0.1) is 25.4 Å². The molecule has 0 aromatic rings. The highest BCUT2D eigenvalue weighted by Gasteiger charge is 2.65. The van der Waals surface area contributed by atoms with Crippen molar-refractivity contribution >= 4 is 5.97 Å². The third-order valence-corrected chi connectivity index (χ3v) is 10.5. The van der Waals surface area contributed by atoms with Gasteiger partial charge in [0.15, 0.2) is 0 Å². The maximum absolute atomic E-state index is 11.7. The highest BCUT2D eigenvalue weighted by molar-refractivity contribution is 5.69. The number of rotatable bonds is 4. The zero-order chi connectivity index (χ0) is 21.8. The first kappa shape index (κ1) is 22.5. The molecule has 0 unspecified atom stereocenters. The number of carbonyl (C=O) groups is 1. The van der Waals surface area contributed by atoms with E-state index in [1.807, 2.05) is 0 Å². The molecular weight excluding hydrogens is 380 g/mol. The molecule has 4 fully saturated rings. The first-order chi connectivity index (χ1) is 14.1. The van der Waals surface area contributed by atoms with Gasteiger partial charge in [-0.3, -0.25) is 4.79 Å². The van der Waals surface area contributed by atoms with Gasteiger partial charge in [-0.2, -0.15) is 0 Å². The molecule has 0 aromatic heterocycles. The molecule has 0 saturated heterocycles. The summed E-state index contributed by atoms with van der Waals surface area (Å²) in [6.45, 7) is 7.02. The van der Waals surface area contributed by atoms with Crippen LogP contribution in [0.25, 0.3) is 0 Å². The predicted octanol–water partition coefficient (Wildman–Crippen LogP) is 3.54. The lowest BCUT2D eigenvalue weighted by Crippen LogP contribution is -2.64. The summed E-state index contributed by atoms with van der Waals surface area (Å²) in [5.41, 5.74) is 0.174. The van der Waals surface area contributed by atoms with E-state index < -0.39 is 12.2 Å². The first-order valence-electron chi connectivity index (χ1n) is 12.2. The molecule has 3 N–H and O–H groups in total. The summed E-state index contributed by atoms with van der Waals surface area (Å²) in [5, 5.41) is 32.7. The number of hydrogen-bond acceptors (Lipinski definition) is 5. The van der Waals surface area contributed by atoms with Crippen LogP contribution in [0.5, 0.6) is 0 Å². The van der Waals surface area contributed by atoms with Crippen LogP contribution in [0.3, 0.4) is 0 Å². The van der Waals surface area contributed by atoms with Gasteiger partial charge < -0.3 is 20.1 Å². The van der Waals surface area contributed by atoms with Crippen molar-refractivity contribution in [1.82, 2.24) is 0 Å². The minimum atomic E-state index is -0.732. The Bertz CT molecular complexity index is 651. The van der Waals surface area contributed by atoms with E-state index in [4.69, 9.17) is 4.74 Å². The average molecular weight is 423 g/mol. The van der Waals surface area contributed by atoms with Crippen LogP contribution in [0.4, 0.5) is 0 Å². The molecule has 4 saturated carbocycles. The molecule has 172 valence electrons. The Hall–Kier alpha value is -0.650. The number of methoxy groups -OCH3 is 1. The third kappa shape index (κ3) is 3.34. The molecule has 0 spiro atoms. The van der Waals surface area contributed by atoms with Crippen LogP contribution in [0.1, 0.15) is 78.6 Å². The number of ether oxygens (including phenoxy) is 1. The molecule has 0 bridgehead atoms. The normalized spacial score (nSPS) is 51.4. The largest absolute Gasteiger partial charge is 0.469 e. The molecule has 0 heterocycles. The number of esters is 1. The lowest BCUT2D eigenvalue weighted by atomic mass is 9.43. The Morgan fingerprint density at radius 2 is 1.63 bits per heavy atom. The van der Waals surface area contributed by atoms with Crippen LogP contribution in [0, 0.1) is 46.3 Å². The maximum Gasteiger partial charge on any atom is 0.305 e. The Balaban J connectivity index is 1.56. The number of aliphatic hydroxyl groups excluding tert-OH is 3. The van der Waals surface area contributed by atoms with Crippen LogP contribution in [-0.2, 0) is 9.53 Å². The van der Waals surface area contributed by atoms with E-state index in [0.29, 0.717) is 36.5 Å². The minimum Gasteiger partial charge on any atom is -0.469 e. The number of carbonyl (C=O) groups excluding carboxylic acids is 1. The molecule has 0 radical (unpaired) electrons. The zero-order valence-corrected chi connectivity index (χ0v) is 19.2. The van der Waals surface area contributed by atoms with Crippen molar-refractivity contribution in [3.63, 3.8) is 0 Å². The zero-order valence-electron chi connectivity index (χ0n) is 19.2. The van der Waals surface area contributed by atoms with Gasteiger partial charge in [0.2, 0.25) is 0 Å². The van der Waals surface area contributed by atoms with Crippen molar-refractivity contribution in [1.29, 1.82) is 0 Å². The van der Waals surface area contributed by atoms with Gasteiger partial charge in [-0.1, -0.05) is 20.8 Å². The van der Waals surface area contributed by atoms with Gasteiger partial charge in [0, 0.05) is 6.42 Å². The van der Waals surface area contributed by atoms with E-state index in [0.717, 1.165) is 38.5 Å². The summed E-state index contributed by atoms with van der Waals surface area (Å²) in [5.74, 6) is 1.87. The Morgan fingerprint density at radius 1 is 0.967 bits per heavy atom. The van der Waals surface area contributed by atoms with Crippen LogP contribution < -0.4 is 0 Å². The second kappa shape index (κ2) is 8.04. The predicted molar refractivity (Wildman–Crippen MR) is 114 cm³/mol. The van der Waals surface area contributed by atoms with E-state index >= 15 is 0 Å². The Morgan fingerprint density at radius 3 is 2.33 bits per heavy atom. The van der Waals surface area contributed by atoms with E-state index in [1.165, 1.54) is 13.5 Å². The lowest BCUT2D eigenvalue weighted by molar-refractivity contribution is -0.223. The van der Waals surface area contributed by atoms with Crippen molar-refractivity contribution in [3.8, 4) is 0 Å². The molecular formula is C25H42O5. The van der Waals surface area contributed by atoms with E-state index in [1.54, 1.807) is 0 Å². The number of aliphatic hydroxyl groups is 3. The molecule has 0 aliphatic heterocycles. The highest BCUT2D eigenvalue weighted by Crippen LogP contribution is 2.68. The van der Waals surface area contributed by atoms with Gasteiger partial charge >= 0.3 is 5.97 Å². The smallest absolute Gasteiger partial charge is 0.305 e. The van der Waals surface area contributed by atoms with Crippen LogP contribution in [0.2, 0.25) is 0 Å². The molecule has 4 aliphatic carbocycles. The molecule has 4 aliphatic rings. The number of hydrogen-bond donors (Lipinski definition) is 3. The highest BCUT2D eigenvalue weighted by atomic mass is 16.5. The summed E-state index contributed by atoms with van der Waals surface area (Å²) in [4.78, 5) is 11.7. The third-order valence-electron chi connectivity index (χ3n) is 10.5. The molecule has 0 aromatic carbocycles. The van der Waals surface area contributed by atoms with Crippen LogP contribution in [0.15, 0.2) is 0 Å². The molecule has 4 rings (SSSR count). The van der Waals surface area contributed by atoms with Gasteiger partial charge in [0.1, 0.15) is 0 Å². The van der Waals surface area contributed by atoms with E-state index in [-0.39, 0.29) is 34.7 Å². The standard InChI is InChI=1S/C25H42O5/c1-14(5-8-20(27)30-4)16-6-7-17-21-18(10-12-24(16,17)2)25(3)11-9-15(26)13-19(25)22(28)23(21)29/h14-19,21-23,26,28-29H,5-13H2,1-4H3/t14-,15-,16-,17+,18+,19+,21+,22-,23-,24-,25-/m1/s1. The summed E-state index contributed by atoms with van der Waals surface area (Å²) >= 11 is 0. The molecule has 5 heteroatoms. The van der Waals surface area contributed by atoms with Crippen molar-refractivity contribution in [3.05, 3.63) is 0 Å². The fraction of sp³-hybridized carbons (Fsp3) is 0.960. The number of fused-ring (bicyclic) bond motifs is 5. The summed E-state index contributed by atoms with van der Waals surface area (Å²) in [6.07, 6.45) is 6.48. The van der Waals surface area contributed by atoms with Crippen LogP contribution >= 0.6 is 0 Å². The SMILES string of the molecule is COC(=O)CC[C@@H](C)[C@H]1CC[C@H]2[C@@H]3[C@@H](O)[C@H](O)[C@@H]4C[C@H](O)CC[C@]4(C)[C@H]3CC[C@]12C. The lowest BCUT2D eigenvalue weighted by Gasteiger charge is -2.63. The fourth-order valence-electron chi connectivity index (χ4n) is 8.86. The molecule has 30 heavy (non-hydrogen) atoms. The Kier molecular flexibility index (Phi) is 6.04. The average Bonchev–Trinajstić information content (AvgIpc) is 3.08. The second-order valence-corrected chi connectivity index (χ2v) is 11.6. The van der Waals surface area contributed by atoms with E-state index in [2.05, 4.69) is 20.8 Å². The van der Waals surface area contributed by atoms with E-state index in [9.17, 15) is 20.1 Å². The second-order valence-electron chi connectivity index (χ2n) is 11.6. The van der Waals surface area contributed by atoms with Gasteiger partial charge in [-0.05, 0) is 97.7 Å². The molecule has 5 nitrogen and oxygen atoms in total. The minimum absolute atomic E-state index is 0.00182. The summed E-state index contributed by atoms with van der Waals surface area (Å²) in [7, 11) is 1.45. The monoisotopic (exact) mass is 422 g/mol. The van der Waals surface area contributed by atoms with Crippen molar-refractivity contribution in [2.24, 2.45) is 46.3 Å².